The first kappa shape index (κ1) is 37.8. The number of hydrogen-bond donors (Lipinski definition) is 0. The van der Waals surface area contributed by atoms with E-state index in [1.807, 2.05) is 0 Å². The van der Waals surface area contributed by atoms with Crippen LogP contribution in [0.25, 0.3) is 55.0 Å². The Hall–Kier alpha value is -7.94. The van der Waals surface area contributed by atoms with E-state index in [4.69, 9.17) is 4.42 Å². The van der Waals surface area contributed by atoms with Crippen molar-refractivity contribution in [2.75, 3.05) is 4.90 Å². The maximum Gasteiger partial charge on any atom is 0.143 e. The number of nitrogens with zero attached hydrogens (tertiary/aromatic N) is 1. The zero-order valence-electron chi connectivity index (χ0n) is 35.9. The molecule has 11 aromatic rings. The Bertz CT molecular complexity index is 3410. The van der Waals surface area contributed by atoms with Gasteiger partial charge in [-0.15, -0.1) is 0 Å². The van der Waals surface area contributed by atoms with Crippen molar-refractivity contribution in [1.29, 1.82) is 0 Å². The Morgan fingerprint density at radius 2 is 0.922 bits per heavy atom. The third kappa shape index (κ3) is 5.72. The molecule has 0 radical (unpaired) electrons. The molecule has 304 valence electrons. The summed E-state index contributed by atoms with van der Waals surface area (Å²) in [7, 11) is 0. The predicted molar refractivity (Wildman–Crippen MR) is 267 cm³/mol. The monoisotopic (exact) mass is 819 g/mol. The summed E-state index contributed by atoms with van der Waals surface area (Å²) in [5, 5.41) is 4.57. The van der Waals surface area contributed by atoms with Crippen LogP contribution in [-0.2, 0) is 10.8 Å². The molecule has 12 rings (SSSR count). The summed E-state index contributed by atoms with van der Waals surface area (Å²) < 4.78 is 6.82. The molecule has 0 saturated heterocycles. The fourth-order valence-corrected chi connectivity index (χ4v) is 10.9. The Balaban J connectivity index is 1.14. The van der Waals surface area contributed by atoms with Gasteiger partial charge in [0, 0.05) is 38.7 Å². The zero-order chi connectivity index (χ0) is 42.8. The summed E-state index contributed by atoms with van der Waals surface area (Å²) >= 11 is 0. The summed E-state index contributed by atoms with van der Waals surface area (Å²) in [4.78, 5) is 2.47. The minimum Gasteiger partial charge on any atom is -0.455 e. The van der Waals surface area contributed by atoms with E-state index in [2.05, 4.69) is 255 Å². The Labute approximate surface area is 374 Å². The van der Waals surface area contributed by atoms with Gasteiger partial charge in [-0.05, 0) is 91.7 Å². The van der Waals surface area contributed by atoms with Gasteiger partial charge in [-0.3, -0.25) is 0 Å². The quantitative estimate of drug-likeness (QED) is 0.142. The second-order valence-corrected chi connectivity index (χ2v) is 17.6. The molecule has 0 bridgehead atoms. The molecular weight excluding hydrogens is 775 g/mol. The molecule has 1 aliphatic carbocycles. The lowest BCUT2D eigenvalue weighted by molar-refractivity contribution is 0.660. The van der Waals surface area contributed by atoms with Crippen LogP contribution in [0, 0.1) is 0 Å². The van der Waals surface area contributed by atoms with Crippen molar-refractivity contribution in [3.8, 4) is 22.3 Å². The van der Waals surface area contributed by atoms with Crippen molar-refractivity contribution in [3.63, 3.8) is 0 Å². The first-order valence-electron chi connectivity index (χ1n) is 22.3. The normalized spacial score (nSPS) is 13.0. The Morgan fingerprint density at radius 3 is 1.62 bits per heavy atom. The summed E-state index contributed by atoms with van der Waals surface area (Å²) in [6.07, 6.45) is 0. The van der Waals surface area contributed by atoms with Crippen LogP contribution in [0.2, 0.25) is 0 Å². The van der Waals surface area contributed by atoms with E-state index in [9.17, 15) is 0 Å². The molecule has 0 atom stereocenters. The summed E-state index contributed by atoms with van der Waals surface area (Å²) in [5.41, 5.74) is 16.6. The van der Waals surface area contributed by atoms with E-state index in [-0.39, 0.29) is 5.41 Å². The van der Waals surface area contributed by atoms with Gasteiger partial charge in [0.05, 0.1) is 11.1 Å². The van der Waals surface area contributed by atoms with Gasteiger partial charge in [0.15, 0.2) is 0 Å². The molecule has 2 nitrogen and oxygen atoms in total. The van der Waals surface area contributed by atoms with Gasteiger partial charge in [-0.1, -0.05) is 214 Å². The van der Waals surface area contributed by atoms with E-state index in [0.717, 1.165) is 50.1 Å². The first-order valence-corrected chi connectivity index (χ1v) is 22.3. The van der Waals surface area contributed by atoms with Crippen LogP contribution in [0.1, 0.15) is 47.2 Å². The molecule has 0 unspecified atom stereocenters. The predicted octanol–water partition coefficient (Wildman–Crippen LogP) is 16.6. The van der Waals surface area contributed by atoms with Crippen LogP contribution in [-0.4, -0.2) is 0 Å². The molecule has 0 spiro atoms. The summed E-state index contributed by atoms with van der Waals surface area (Å²) in [6, 6.07) is 86.5. The van der Waals surface area contributed by atoms with Gasteiger partial charge < -0.3 is 9.32 Å². The smallest absolute Gasteiger partial charge is 0.143 e. The molecule has 0 N–H and O–H groups in total. The average Bonchev–Trinajstić information content (AvgIpc) is 3.85. The van der Waals surface area contributed by atoms with Crippen LogP contribution in [0.5, 0.6) is 0 Å². The molecule has 0 fully saturated rings. The number of fused-ring (bicyclic) bond motifs is 7. The summed E-state index contributed by atoms with van der Waals surface area (Å²) in [6.45, 7) is 4.70. The first-order chi connectivity index (χ1) is 31.5. The van der Waals surface area contributed by atoms with E-state index in [1.165, 1.54) is 55.3 Å². The number of para-hydroxylation sites is 2. The number of anilines is 3. The molecule has 2 heteroatoms. The van der Waals surface area contributed by atoms with Crippen LogP contribution in [0.3, 0.4) is 0 Å². The minimum atomic E-state index is -0.568. The van der Waals surface area contributed by atoms with Crippen molar-refractivity contribution in [1.82, 2.24) is 0 Å². The van der Waals surface area contributed by atoms with Crippen molar-refractivity contribution in [2.45, 2.75) is 24.7 Å². The van der Waals surface area contributed by atoms with E-state index >= 15 is 0 Å². The second kappa shape index (κ2) is 14.9. The lowest BCUT2D eigenvalue weighted by atomic mass is 9.65. The highest BCUT2D eigenvalue weighted by Crippen LogP contribution is 2.53. The molecule has 1 heterocycles. The van der Waals surface area contributed by atoms with Crippen molar-refractivity contribution < 1.29 is 4.42 Å². The minimum absolute atomic E-state index is 0.113. The summed E-state index contributed by atoms with van der Waals surface area (Å²) in [5.74, 6) is 0. The molecule has 0 aliphatic heterocycles. The Morgan fingerprint density at radius 1 is 0.391 bits per heavy atom. The third-order valence-electron chi connectivity index (χ3n) is 13.8. The molecule has 1 aromatic heterocycles. The van der Waals surface area contributed by atoms with Gasteiger partial charge in [-0.25, -0.2) is 0 Å². The number of furan rings is 1. The molecule has 0 saturated carbocycles. The lowest BCUT2D eigenvalue weighted by Gasteiger charge is -2.37. The topological polar surface area (TPSA) is 16.4 Å². The number of benzene rings is 10. The van der Waals surface area contributed by atoms with Crippen molar-refractivity contribution >= 4 is 49.8 Å². The highest BCUT2D eigenvalue weighted by atomic mass is 16.3. The van der Waals surface area contributed by atoms with Gasteiger partial charge in [-0.2, -0.15) is 0 Å². The maximum atomic E-state index is 6.82. The van der Waals surface area contributed by atoms with Crippen LogP contribution in [0.15, 0.2) is 241 Å². The SMILES string of the molecule is CC1(C)c2ccccc2-c2cc(N(c3ccc(C(c4ccccc4)(c4ccccc4)c4ccccc4)cc3)c3ccc4ccccc4c3-c3cccc4c3oc3ccccc34)ccc21. The number of hydrogen-bond acceptors (Lipinski definition) is 2. The van der Waals surface area contributed by atoms with Crippen LogP contribution < -0.4 is 4.90 Å². The van der Waals surface area contributed by atoms with Crippen molar-refractivity contribution in [2.24, 2.45) is 0 Å². The largest absolute Gasteiger partial charge is 0.455 e. The van der Waals surface area contributed by atoms with E-state index in [1.54, 1.807) is 0 Å². The standard InChI is InChI=1S/C62H45NO/c1-61(2)55-31-16-14-27-50(55)54-41-48(38-39-56(54)61)63(57-40-33-42-19-12-13-26-49(42)59(57)53-30-18-29-52-51-28-15-17-32-58(51)64-60(52)53)47-36-34-46(35-37-47)62(43-20-6-3-7-21-43,44-22-8-4-9-23-44)45-24-10-5-11-25-45/h3-41H,1-2H3. The molecule has 1 aliphatic rings. The molecule has 64 heavy (non-hydrogen) atoms. The van der Waals surface area contributed by atoms with Gasteiger partial charge in [0.1, 0.15) is 11.2 Å². The lowest BCUT2D eigenvalue weighted by Crippen LogP contribution is -2.31. The fraction of sp³-hybridized carbons (Fsp3) is 0.0645. The van der Waals surface area contributed by atoms with Crippen LogP contribution in [0.4, 0.5) is 17.1 Å². The van der Waals surface area contributed by atoms with E-state index < -0.39 is 5.41 Å². The van der Waals surface area contributed by atoms with E-state index in [0.29, 0.717) is 0 Å². The third-order valence-corrected chi connectivity index (χ3v) is 13.8. The van der Waals surface area contributed by atoms with Gasteiger partial charge >= 0.3 is 0 Å². The maximum absolute atomic E-state index is 6.82. The molecule has 10 aromatic carbocycles. The number of rotatable bonds is 8. The van der Waals surface area contributed by atoms with Gasteiger partial charge in [0.25, 0.3) is 0 Å². The highest BCUT2D eigenvalue weighted by molar-refractivity contribution is 6.15. The highest BCUT2D eigenvalue weighted by Gasteiger charge is 2.39. The Kier molecular flexibility index (Phi) is 8.77. The van der Waals surface area contributed by atoms with Crippen LogP contribution >= 0.6 is 0 Å². The van der Waals surface area contributed by atoms with Gasteiger partial charge in [0.2, 0.25) is 0 Å². The fourth-order valence-electron chi connectivity index (χ4n) is 10.9. The zero-order valence-corrected chi connectivity index (χ0v) is 35.9. The average molecular weight is 820 g/mol. The molecule has 0 amide bonds. The second-order valence-electron chi connectivity index (χ2n) is 17.6. The van der Waals surface area contributed by atoms with Crippen molar-refractivity contribution in [3.05, 3.63) is 270 Å². The molecular formula is C62H45NO.